The maximum Gasteiger partial charge on any atom is 0.441 e. The van der Waals surface area contributed by atoms with Gasteiger partial charge in [0.25, 0.3) is 0 Å². The number of rotatable bonds is 6. The Morgan fingerprint density at radius 3 is 1.87 bits per heavy atom. The lowest BCUT2D eigenvalue weighted by atomic mass is 9.78. The van der Waals surface area contributed by atoms with E-state index in [-0.39, 0.29) is 28.8 Å². The molecule has 0 aromatic heterocycles. The van der Waals surface area contributed by atoms with Gasteiger partial charge in [-0.2, -0.15) is 13.2 Å². The molecule has 0 aliphatic rings. The molecule has 0 aliphatic carbocycles. The average Bonchev–Trinajstić information content (AvgIpc) is 2.10. The molecule has 15 heavy (non-hydrogen) atoms. The van der Waals surface area contributed by atoms with Crippen molar-refractivity contribution in [2.24, 2.45) is 11.3 Å². The van der Waals surface area contributed by atoms with Crippen LogP contribution in [0.15, 0.2) is 0 Å². The van der Waals surface area contributed by atoms with E-state index in [0.717, 1.165) is 0 Å². The average molecular weight is 283 g/mol. The van der Waals surface area contributed by atoms with Crippen molar-refractivity contribution in [2.45, 2.75) is 25.8 Å². The SMILES string of the molecule is CC(C)C(CCl)(CCl)CCSC(F)(F)F. The number of thioether (sulfide) groups is 1. The third-order valence-electron chi connectivity index (χ3n) is 2.62. The summed E-state index contributed by atoms with van der Waals surface area (Å²) in [5.74, 6) is 0.793. The predicted molar refractivity (Wildman–Crippen MR) is 61.8 cm³/mol. The quantitative estimate of drug-likeness (QED) is 0.634. The molecule has 0 aromatic rings. The first-order chi connectivity index (χ1) is 6.77. The monoisotopic (exact) mass is 282 g/mol. The second kappa shape index (κ2) is 6.45. The van der Waals surface area contributed by atoms with Gasteiger partial charge in [-0.1, -0.05) is 25.6 Å². The van der Waals surface area contributed by atoms with Crippen LogP contribution in [0.5, 0.6) is 0 Å². The fourth-order valence-corrected chi connectivity index (χ4v) is 3.05. The highest BCUT2D eigenvalue weighted by atomic mass is 35.5. The second-order valence-corrected chi connectivity index (χ2v) is 5.52. The lowest BCUT2D eigenvalue weighted by Gasteiger charge is -2.33. The van der Waals surface area contributed by atoms with E-state index in [4.69, 9.17) is 23.2 Å². The molecule has 0 heterocycles. The predicted octanol–water partition coefficient (Wildman–Crippen LogP) is 4.75. The van der Waals surface area contributed by atoms with Crippen molar-refractivity contribution in [1.29, 1.82) is 0 Å². The molecular formula is C9H15Cl2F3S. The van der Waals surface area contributed by atoms with Gasteiger partial charge in [0.2, 0.25) is 0 Å². The molecule has 0 atom stereocenters. The van der Waals surface area contributed by atoms with E-state index in [1.54, 1.807) is 0 Å². The van der Waals surface area contributed by atoms with Crippen molar-refractivity contribution in [1.82, 2.24) is 0 Å². The highest BCUT2D eigenvalue weighted by Gasteiger charge is 2.34. The Labute approximate surface area is 103 Å². The van der Waals surface area contributed by atoms with Crippen LogP contribution in [0.3, 0.4) is 0 Å². The summed E-state index contributed by atoms with van der Waals surface area (Å²) in [6, 6.07) is 0. The van der Waals surface area contributed by atoms with Gasteiger partial charge in [-0.05, 0) is 12.3 Å². The third-order valence-corrected chi connectivity index (χ3v) is 4.42. The van der Waals surface area contributed by atoms with Crippen molar-refractivity contribution in [3.05, 3.63) is 0 Å². The fraction of sp³-hybridized carbons (Fsp3) is 1.00. The van der Waals surface area contributed by atoms with Crippen LogP contribution < -0.4 is 0 Å². The van der Waals surface area contributed by atoms with E-state index < -0.39 is 5.51 Å². The standard InChI is InChI=1S/C9H15Cl2F3S/c1-7(2)8(5-10,6-11)3-4-15-9(12,13)14/h7H,3-6H2,1-2H3. The summed E-state index contributed by atoms with van der Waals surface area (Å²) in [4.78, 5) is 0. The van der Waals surface area contributed by atoms with Gasteiger partial charge >= 0.3 is 5.51 Å². The Morgan fingerprint density at radius 1 is 1.13 bits per heavy atom. The first-order valence-corrected chi connectivity index (χ1v) is 6.65. The van der Waals surface area contributed by atoms with Crippen molar-refractivity contribution in [3.8, 4) is 0 Å². The molecule has 0 radical (unpaired) electrons. The van der Waals surface area contributed by atoms with Crippen LogP contribution in [0.1, 0.15) is 20.3 Å². The highest BCUT2D eigenvalue weighted by Crippen LogP contribution is 2.38. The molecule has 0 spiro atoms. The molecule has 0 amide bonds. The van der Waals surface area contributed by atoms with Gasteiger partial charge in [0, 0.05) is 22.9 Å². The molecule has 0 nitrogen and oxygen atoms in total. The van der Waals surface area contributed by atoms with Crippen LogP contribution in [0.4, 0.5) is 13.2 Å². The van der Waals surface area contributed by atoms with Gasteiger partial charge in [0.15, 0.2) is 0 Å². The number of halogens is 5. The topological polar surface area (TPSA) is 0 Å². The van der Waals surface area contributed by atoms with Gasteiger partial charge in [-0.3, -0.25) is 0 Å². The molecule has 0 bridgehead atoms. The zero-order chi connectivity index (χ0) is 12.1. The lowest BCUT2D eigenvalue weighted by Crippen LogP contribution is -2.32. The molecule has 0 unspecified atom stereocenters. The summed E-state index contributed by atoms with van der Waals surface area (Å²) in [6.45, 7) is 3.87. The van der Waals surface area contributed by atoms with Crippen molar-refractivity contribution in [2.75, 3.05) is 17.5 Å². The molecule has 6 heteroatoms. The van der Waals surface area contributed by atoms with E-state index in [1.165, 1.54) is 0 Å². The summed E-state index contributed by atoms with van der Waals surface area (Å²) in [5.41, 5.74) is -4.55. The van der Waals surface area contributed by atoms with Crippen LogP contribution in [-0.2, 0) is 0 Å². The lowest BCUT2D eigenvalue weighted by molar-refractivity contribution is -0.0329. The smallest absolute Gasteiger partial charge is 0.160 e. The Morgan fingerprint density at radius 2 is 1.60 bits per heavy atom. The van der Waals surface area contributed by atoms with Crippen LogP contribution in [0.2, 0.25) is 0 Å². The van der Waals surface area contributed by atoms with Gasteiger partial charge in [-0.25, -0.2) is 0 Å². The molecular weight excluding hydrogens is 268 g/mol. The molecule has 0 rings (SSSR count). The zero-order valence-corrected chi connectivity index (χ0v) is 11.0. The summed E-state index contributed by atoms with van der Waals surface area (Å²) in [7, 11) is 0. The molecule has 0 N–H and O–H groups in total. The highest BCUT2D eigenvalue weighted by molar-refractivity contribution is 8.00. The Bertz CT molecular complexity index is 179. The van der Waals surface area contributed by atoms with Crippen LogP contribution in [-0.4, -0.2) is 23.0 Å². The summed E-state index contributed by atoms with van der Waals surface area (Å²) >= 11 is 11.6. The van der Waals surface area contributed by atoms with E-state index >= 15 is 0 Å². The van der Waals surface area contributed by atoms with E-state index in [9.17, 15) is 13.2 Å². The molecule has 0 fully saturated rings. The van der Waals surface area contributed by atoms with Crippen molar-refractivity contribution < 1.29 is 13.2 Å². The first-order valence-electron chi connectivity index (χ1n) is 4.60. The number of hydrogen-bond acceptors (Lipinski definition) is 1. The minimum atomic E-state index is -4.17. The van der Waals surface area contributed by atoms with E-state index in [2.05, 4.69) is 0 Å². The maximum absolute atomic E-state index is 11.9. The molecule has 0 aromatic carbocycles. The normalized spacial score (nSPS) is 13.6. The number of alkyl halides is 5. The van der Waals surface area contributed by atoms with Gasteiger partial charge in [0.05, 0.1) is 0 Å². The van der Waals surface area contributed by atoms with Gasteiger partial charge in [0.1, 0.15) is 0 Å². The Hall–Kier alpha value is 0.720. The minimum Gasteiger partial charge on any atom is -0.160 e. The molecule has 0 aliphatic heterocycles. The van der Waals surface area contributed by atoms with Crippen molar-refractivity contribution in [3.63, 3.8) is 0 Å². The summed E-state index contributed by atoms with van der Waals surface area (Å²) in [5, 5.41) is 0. The minimum absolute atomic E-state index is 0.00870. The second-order valence-electron chi connectivity index (χ2n) is 3.83. The zero-order valence-electron chi connectivity index (χ0n) is 8.70. The molecule has 92 valence electrons. The molecule has 0 saturated heterocycles. The van der Waals surface area contributed by atoms with Gasteiger partial charge in [-0.15, -0.1) is 23.2 Å². The summed E-state index contributed by atoms with van der Waals surface area (Å²) < 4.78 is 35.8. The third kappa shape index (κ3) is 5.55. The van der Waals surface area contributed by atoms with E-state index in [0.29, 0.717) is 18.2 Å². The molecule has 0 saturated carbocycles. The Kier molecular flexibility index (Phi) is 6.76. The number of hydrogen-bond donors (Lipinski definition) is 0. The summed E-state index contributed by atoms with van der Waals surface area (Å²) in [6.07, 6.45) is 0.391. The van der Waals surface area contributed by atoms with Crippen LogP contribution >= 0.6 is 35.0 Å². The van der Waals surface area contributed by atoms with Crippen LogP contribution in [0.25, 0.3) is 0 Å². The van der Waals surface area contributed by atoms with Crippen molar-refractivity contribution >= 4 is 35.0 Å². The largest absolute Gasteiger partial charge is 0.441 e. The van der Waals surface area contributed by atoms with Gasteiger partial charge < -0.3 is 0 Å². The first kappa shape index (κ1) is 15.7. The Balaban J connectivity index is 4.19. The van der Waals surface area contributed by atoms with E-state index in [1.807, 2.05) is 13.8 Å². The maximum atomic E-state index is 11.9. The van der Waals surface area contributed by atoms with Crippen LogP contribution in [0, 0.1) is 11.3 Å². The fourth-order valence-electron chi connectivity index (χ4n) is 1.14.